The largest absolute Gasteiger partial charge is 0.329 e. The summed E-state index contributed by atoms with van der Waals surface area (Å²) in [5.74, 6) is 0. The van der Waals surface area contributed by atoms with Crippen molar-refractivity contribution in [3.8, 4) is 0 Å². The maximum atomic E-state index is 5.99. The number of hydrogen-bond donors (Lipinski definition) is 1. The standard InChI is InChI=1S/C15H20N4/c16-12-15-14-5-2-1-4-13(14)6-9-18(15)10-11-19-8-3-7-17-19/h1-5,7-8,15H,6,9-12,16H2. The Kier molecular flexibility index (Phi) is 3.62. The normalized spacial score (nSPS) is 19.3. The predicted molar refractivity (Wildman–Crippen MR) is 75.7 cm³/mol. The Morgan fingerprint density at radius 2 is 2.11 bits per heavy atom. The summed E-state index contributed by atoms with van der Waals surface area (Å²) in [4.78, 5) is 2.48. The van der Waals surface area contributed by atoms with E-state index in [1.807, 2.05) is 23.1 Å². The molecule has 0 saturated carbocycles. The first-order valence-corrected chi connectivity index (χ1v) is 6.88. The highest BCUT2D eigenvalue weighted by Gasteiger charge is 2.25. The van der Waals surface area contributed by atoms with Gasteiger partial charge in [-0.05, 0) is 23.6 Å². The van der Waals surface area contributed by atoms with Crippen molar-refractivity contribution in [1.82, 2.24) is 14.7 Å². The molecule has 0 aliphatic carbocycles. The highest BCUT2D eigenvalue weighted by molar-refractivity contribution is 5.32. The van der Waals surface area contributed by atoms with Crippen LogP contribution < -0.4 is 5.73 Å². The zero-order chi connectivity index (χ0) is 13.1. The Morgan fingerprint density at radius 1 is 1.21 bits per heavy atom. The van der Waals surface area contributed by atoms with Crippen LogP contribution in [0.1, 0.15) is 17.2 Å². The highest BCUT2D eigenvalue weighted by Crippen LogP contribution is 2.28. The first-order valence-electron chi connectivity index (χ1n) is 6.88. The number of benzene rings is 1. The third-order valence-corrected chi connectivity index (χ3v) is 3.92. The monoisotopic (exact) mass is 256 g/mol. The van der Waals surface area contributed by atoms with E-state index in [1.54, 1.807) is 0 Å². The van der Waals surface area contributed by atoms with Gasteiger partial charge in [-0.25, -0.2) is 0 Å². The summed E-state index contributed by atoms with van der Waals surface area (Å²) < 4.78 is 1.98. The van der Waals surface area contributed by atoms with E-state index in [0.717, 1.165) is 26.1 Å². The molecule has 1 aliphatic rings. The van der Waals surface area contributed by atoms with Gasteiger partial charge in [0.05, 0.1) is 6.54 Å². The van der Waals surface area contributed by atoms with E-state index in [4.69, 9.17) is 5.73 Å². The zero-order valence-corrected chi connectivity index (χ0v) is 11.1. The second-order valence-corrected chi connectivity index (χ2v) is 5.01. The van der Waals surface area contributed by atoms with Crippen LogP contribution in [0, 0.1) is 0 Å². The lowest BCUT2D eigenvalue weighted by Crippen LogP contribution is -2.41. The molecule has 0 spiro atoms. The summed E-state index contributed by atoms with van der Waals surface area (Å²) in [6.07, 6.45) is 4.95. The van der Waals surface area contributed by atoms with Gasteiger partial charge >= 0.3 is 0 Å². The number of aromatic nitrogens is 2. The van der Waals surface area contributed by atoms with Crippen molar-refractivity contribution in [2.24, 2.45) is 5.73 Å². The molecule has 4 heteroatoms. The molecule has 0 saturated heterocycles. The maximum absolute atomic E-state index is 5.99. The summed E-state index contributed by atoms with van der Waals surface area (Å²) >= 11 is 0. The van der Waals surface area contributed by atoms with E-state index in [-0.39, 0.29) is 0 Å². The second-order valence-electron chi connectivity index (χ2n) is 5.01. The Morgan fingerprint density at radius 3 is 2.89 bits per heavy atom. The van der Waals surface area contributed by atoms with Gasteiger partial charge in [-0.1, -0.05) is 24.3 Å². The number of nitrogens with zero attached hydrogens (tertiary/aromatic N) is 3. The van der Waals surface area contributed by atoms with E-state index >= 15 is 0 Å². The summed E-state index contributed by atoms with van der Waals surface area (Å²) in [7, 11) is 0. The molecule has 2 N–H and O–H groups in total. The molecule has 4 nitrogen and oxygen atoms in total. The molecule has 100 valence electrons. The molecule has 1 aromatic carbocycles. The summed E-state index contributed by atoms with van der Waals surface area (Å²) in [6, 6.07) is 11.0. The van der Waals surface area contributed by atoms with Crippen molar-refractivity contribution >= 4 is 0 Å². The van der Waals surface area contributed by atoms with Crippen LogP contribution in [0.4, 0.5) is 0 Å². The summed E-state index contributed by atoms with van der Waals surface area (Å²) in [6.45, 7) is 3.68. The summed E-state index contributed by atoms with van der Waals surface area (Å²) in [5, 5.41) is 4.25. The van der Waals surface area contributed by atoms with Crippen LogP contribution in [0.15, 0.2) is 42.7 Å². The lowest BCUT2D eigenvalue weighted by Gasteiger charge is -2.36. The van der Waals surface area contributed by atoms with Crippen LogP contribution in [-0.2, 0) is 13.0 Å². The Balaban J connectivity index is 1.73. The van der Waals surface area contributed by atoms with Gasteiger partial charge in [0.25, 0.3) is 0 Å². The fraction of sp³-hybridized carbons (Fsp3) is 0.400. The van der Waals surface area contributed by atoms with Gasteiger partial charge in [0.15, 0.2) is 0 Å². The molecule has 0 radical (unpaired) electrons. The topological polar surface area (TPSA) is 47.1 Å². The molecule has 1 aromatic heterocycles. The van der Waals surface area contributed by atoms with E-state index in [0.29, 0.717) is 12.6 Å². The molecule has 0 bridgehead atoms. The van der Waals surface area contributed by atoms with E-state index in [9.17, 15) is 0 Å². The van der Waals surface area contributed by atoms with Crippen LogP contribution in [0.25, 0.3) is 0 Å². The maximum Gasteiger partial charge on any atom is 0.0536 e. The molecule has 1 aliphatic heterocycles. The molecule has 2 aromatic rings. The molecular weight excluding hydrogens is 236 g/mol. The lowest BCUT2D eigenvalue weighted by molar-refractivity contribution is 0.180. The average molecular weight is 256 g/mol. The van der Waals surface area contributed by atoms with Gasteiger partial charge in [0.2, 0.25) is 0 Å². The van der Waals surface area contributed by atoms with Crippen LogP contribution in [0.5, 0.6) is 0 Å². The van der Waals surface area contributed by atoms with Gasteiger partial charge in [-0.15, -0.1) is 0 Å². The van der Waals surface area contributed by atoms with E-state index in [2.05, 4.69) is 34.3 Å². The van der Waals surface area contributed by atoms with Crippen molar-refractivity contribution in [3.63, 3.8) is 0 Å². The predicted octanol–water partition coefficient (Wildman–Crippen LogP) is 1.44. The number of hydrogen-bond acceptors (Lipinski definition) is 3. The molecule has 1 atom stereocenters. The fourth-order valence-corrected chi connectivity index (χ4v) is 2.91. The molecule has 0 amide bonds. The molecule has 19 heavy (non-hydrogen) atoms. The van der Waals surface area contributed by atoms with Crippen LogP contribution in [-0.4, -0.2) is 34.3 Å². The Hall–Kier alpha value is -1.65. The van der Waals surface area contributed by atoms with E-state index in [1.165, 1.54) is 11.1 Å². The van der Waals surface area contributed by atoms with Crippen molar-refractivity contribution in [2.75, 3.05) is 19.6 Å². The van der Waals surface area contributed by atoms with Crippen molar-refractivity contribution in [3.05, 3.63) is 53.9 Å². The third-order valence-electron chi connectivity index (χ3n) is 3.92. The Labute approximate surface area is 113 Å². The second kappa shape index (κ2) is 5.55. The van der Waals surface area contributed by atoms with Gasteiger partial charge in [-0.3, -0.25) is 9.58 Å². The molecule has 3 rings (SSSR count). The molecule has 1 unspecified atom stereocenters. The van der Waals surface area contributed by atoms with Crippen LogP contribution in [0.2, 0.25) is 0 Å². The first kappa shape index (κ1) is 12.4. The lowest BCUT2D eigenvalue weighted by atomic mass is 9.92. The number of rotatable bonds is 4. The minimum Gasteiger partial charge on any atom is -0.329 e. The zero-order valence-electron chi connectivity index (χ0n) is 11.1. The molecule has 2 heterocycles. The minimum atomic E-state index is 0.348. The fourth-order valence-electron chi connectivity index (χ4n) is 2.91. The average Bonchev–Trinajstić information content (AvgIpc) is 2.97. The summed E-state index contributed by atoms with van der Waals surface area (Å²) in [5.41, 5.74) is 8.85. The van der Waals surface area contributed by atoms with Gasteiger partial charge in [-0.2, -0.15) is 5.10 Å². The smallest absolute Gasteiger partial charge is 0.0536 e. The van der Waals surface area contributed by atoms with Gasteiger partial charge in [0, 0.05) is 38.1 Å². The number of fused-ring (bicyclic) bond motifs is 1. The Bertz CT molecular complexity index is 521. The quantitative estimate of drug-likeness (QED) is 0.900. The third kappa shape index (κ3) is 2.55. The van der Waals surface area contributed by atoms with Crippen molar-refractivity contribution in [2.45, 2.75) is 19.0 Å². The molecule has 0 fully saturated rings. The first-order chi connectivity index (χ1) is 9.38. The van der Waals surface area contributed by atoms with E-state index < -0.39 is 0 Å². The van der Waals surface area contributed by atoms with Crippen LogP contribution >= 0.6 is 0 Å². The minimum absolute atomic E-state index is 0.348. The van der Waals surface area contributed by atoms with Crippen LogP contribution in [0.3, 0.4) is 0 Å². The van der Waals surface area contributed by atoms with Crippen molar-refractivity contribution in [1.29, 1.82) is 0 Å². The molecular formula is C15H20N4. The van der Waals surface area contributed by atoms with Gasteiger partial charge in [0.1, 0.15) is 0 Å². The number of nitrogens with two attached hydrogens (primary N) is 1. The highest BCUT2D eigenvalue weighted by atomic mass is 15.3. The van der Waals surface area contributed by atoms with Gasteiger partial charge < -0.3 is 5.73 Å². The van der Waals surface area contributed by atoms with Crippen molar-refractivity contribution < 1.29 is 0 Å². The SMILES string of the molecule is NCC1c2ccccc2CCN1CCn1cccn1.